The summed E-state index contributed by atoms with van der Waals surface area (Å²) in [7, 11) is 1.54. The first-order valence-corrected chi connectivity index (χ1v) is 6.06. The first kappa shape index (κ1) is 14.2. The van der Waals surface area contributed by atoms with E-state index in [0.717, 1.165) is 11.3 Å². The summed E-state index contributed by atoms with van der Waals surface area (Å²) in [5.74, 6) is -1.40. The van der Waals surface area contributed by atoms with Gasteiger partial charge in [0.25, 0.3) is 5.91 Å². The molecule has 2 N–H and O–H groups in total. The number of anilines is 1. The molecule has 18 heavy (non-hydrogen) atoms. The number of nitrogens with zero attached hydrogens (tertiary/aromatic N) is 1. The summed E-state index contributed by atoms with van der Waals surface area (Å²) in [5, 5.41) is 11.7. The molecule has 0 aromatic carbocycles. The number of carboxylic acids is 1. The lowest BCUT2D eigenvalue weighted by molar-refractivity contribution is -0.137. The molecule has 98 valence electrons. The Bertz CT molecular complexity index is 469. The average Bonchev–Trinajstić information content (AvgIpc) is 2.72. The second-order valence-corrected chi connectivity index (χ2v) is 4.80. The predicted octanol–water partition coefficient (Wildman–Crippen LogP) is 1.25. The Morgan fingerprint density at radius 2 is 2.06 bits per heavy atom. The lowest BCUT2D eigenvalue weighted by Crippen LogP contribution is -2.28. The zero-order valence-corrected chi connectivity index (χ0v) is 10.9. The van der Waals surface area contributed by atoms with Crippen molar-refractivity contribution in [1.29, 1.82) is 0 Å². The minimum Gasteiger partial charge on any atom is -0.481 e. The van der Waals surface area contributed by atoms with Crippen molar-refractivity contribution in [2.75, 3.05) is 18.9 Å². The van der Waals surface area contributed by atoms with E-state index in [-0.39, 0.29) is 24.8 Å². The lowest BCUT2D eigenvalue weighted by Gasteiger charge is -2.14. The molecule has 1 aromatic heterocycles. The summed E-state index contributed by atoms with van der Waals surface area (Å²) < 4.78 is 0. The molecular formula is C11H14N2O4S. The number of carboxylic acid groups (broad SMARTS) is 1. The summed E-state index contributed by atoms with van der Waals surface area (Å²) in [6.45, 7) is 1.54. The van der Waals surface area contributed by atoms with E-state index < -0.39 is 5.97 Å². The maximum absolute atomic E-state index is 11.9. The Hall–Kier alpha value is -1.89. The second kappa shape index (κ2) is 6.15. The van der Waals surface area contributed by atoms with Crippen molar-refractivity contribution < 1.29 is 19.5 Å². The van der Waals surface area contributed by atoms with Crippen LogP contribution in [0.2, 0.25) is 0 Å². The number of nitrogens with one attached hydrogen (secondary N) is 1. The van der Waals surface area contributed by atoms with Crippen LogP contribution in [0.4, 0.5) is 5.00 Å². The third-order valence-electron chi connectivity index (χ3n) is 2.12. The average molecular weight is 270 g/mol. The van der Waals surface area contributed by atoms with Crippen LogP contribution >= 0.6 is 11.3 Å². The van der Waals surface area contributed by atoms with Crippen LogP contribution in [0, 0.1) is 0 Å². The van der Waals surface area contributed by atoms with Gasteiger partial charge in [-0.25, -0.2) is 0 Å². The van der Waals surface area contributed by atoms with Crippen LogP contribution in [-0.4, -0.2) is 41.4 Å². The molecule has 0 unspecified atom stereocenters. The van der Waals surface area contributed by atoms with E-state index in [1.807, 2.05) is 0 Å². The van der Waals surface area contributed by atoms with Gasteiger partial charge < -0.3 is 15.3 Å². The van der Waals surface area contributed by atoms with Crippen molar-refractivity contribution in [3.05, 3.63) is 17.0 Å². The van der Waals surface area contributed by atoms with E-state index in [1.165, 1.54) is 11.8 Å². The van der Waals surface area contributed by atoms with Gasteiger partial charge in [-0.3, -0.25) is 14.4 Å². The smallest absolute Gasteiger partial charge is 0.305 e. The highest BCUT2D eigenvalue weighted by Crippen LogP contribution is 2.22. The van der Waals surface area contributed by atoms with Gasteiger partial charge in [0, 0.05) is 20.5 Å². The molecule has 1 rings (SSSR count). The molecule has 0 atom stereocenters. The molecule has 1 heterocycles. The van der Waals surface area contributed by atoms with E-state index in [1.54, 1.807) is 19.2 Å². The fourth-order valence-corrected chi connectivity index (χ4v) is 2.19. The maximum atomic E-state index is 11.9. The molecule has 0 aliphatic carbocycles. The summed E-state index contributed by atoms with van der Waals surface area (Å²) >= 11 is 1.16. The van der Waals surface area contributed by atoms with E-state index >= 15 is 0 Å². The van der Waals surface area contributed by atoms with Crippen LogP contribution < -0.4 is 5.32 Å². The number of hydrogen-bond acceptors (Lipinski definition) is 4. The van der Waals surface area contributed by atoms with Crippen molar-refractivity contribution in [2.24, 2.45) is 0 Å². The van der Waals surface area contributed by atoms with Crippen LogP contribution in [0.1, 0.15) is 23.0 Å². The normalized spacial score (nSPS) is 9.89. The molecular weight excluding hydrogens is 256 g/mol. The SMILES string of the molecule is CC(=O)Nc1ccc(C(=O)N(C)CCC(=O)O)s1. The standard InChI is InChI=1S/C11H14N2O4S/c1-7(14)12-9-4-3-8(18-9)11(17)13(2)6-5-10(15)16/h3-4H,5-6H2,1-2H3,(H,12,14)(H,15,16). The number of aliphatic carboxylic acids is 1. The van der Waals surface area contributed by atoms with E-state index in [9.17, 15) is 14.4 Å². The van der Waals surface area contributed by atoms with Gasteiger partial charge in [-0.2, -0.15) is 0 Å². The van der Waals surface area contributed by atoms with Gasteiger partial charge in [0.15, 0.2) is 0 Å². The highest BCUT2D eigenvalue weighted by atomic mass is 32.1. The van der Waals surface area contributed by atoms with Crippen LogP contribution in [0.5, 0.6) is 0 Å². The fraction of sp³-hybridized carbons (Fsp3) is 0.364. The van der Waals surface area contributed by atoms with Gasteiger partial charge in [-0.15, -0.1) is 11.3 Å². The Morgan fingerprint density at radius 1 is 1.39 bits per heavy atom. The van der Waals surface area contributed by atoms with E-state index in [2.05, 4.69) is 5.32 Å². The van der Waals surface area contributed by atoms with E-state index in [4.69, 9.17) is 5.11 Å². The van der Waals surface area contributed by atoms with Crippen molar-refractivity contribution in [1.82, 2.24) is 4.90 Å². The quantitative estimate of drug-likeness (QED) is 0.843. The fourth-order valence-electron chi connectivity index (χ4n) is 1.25. The minimum absolute atomic E-state index is 0.0911. The summed E-state index contributed by atoms with van der Waals surface area (Å²) in [6.07, 6.45) is -0.0911. The largest absolute Gasteiger partial charge is 0.481 e. The molecule has 1 aromatic rings. The van der Waals surface area contributed by atoms with Gasteiger partial charge in [-0.05, 0) is 12.1 Å². The van der Waals surface area contributed by atoms with Gasteiger partial charge in [0.2, 0.25) is 5.91 Å². The van der Waals surface area contributed by atoms with Crippen molar-refractivity contribution in [3.8, 4) is 0 Å². The number of hydrogen-bond donors (Lipinski definition) is 2. The van der Waals surface area contributed by atoms with E-state index in [0.29, 0.717) is 9.88 Å². The third kappa shape index (κ3) is 4.17. The van der Waals surface area contributed by atoms with Crippen LogP contribution in [0.15, 0.2) is 12.1 Å². The molecule has 6 nitrogen and oxygen atoms in total. The molecule has 0 radical (unpaired) electrons. The molecule has 2 amide bonds. The van der Waals surface area contributed by atoms with Crippen LogP contribution in [0.3, 0.4) is 0 Å². The summed E-state index contributed by atoms with van der Waals surface area (Å²) in [5.41, 5.74) is 0. The summed E-state index contributed by atoms with van der Waals surface area (Å²) in [6, 6.07) is 3.25. The van der Waals surface area contributed by atoms with Crippen LogP contribution in [0.25, 0.3) is 0 Å². The Morgan fingerprint density at radius 3 is 2.61 bits per heavy atom. The molecule has 0 aliphatic heterocycles. The number of rotatable bonds is 5. The lowest BCUT2D eigenvalue weighted by atomic mass is 10.3. The highest BCUT2D eigenvalue weighted by molar-refractivity contribution is 7.18. The second-order valence-electron chi connectivity index (χ2n) is 3.72. The van der Waals surface area contributed by atoms with Crippen LogP contribution in [-0.2, 0) is 9.59 Å². The molecule has 0 bridgehead atoms. The first-order valence-electron chi connectivity index (χ1n) is 5.25. The zero-order chi connectivity index (χ0) is 13.7. The monoisotopic (exact) mass is 270 g/mol. The number of carbonyl (C=O) groups is 3. The molecule has 0 spiro atoms. The first-order chi connectivity index (χ1) is 8.40. The van der Waals surface area contributed by atoms with Crippen molar-refractivity contribution in [2.45, 2.75) is 13.3 Å². The number of amides is 2. The zero-order valence-electron chi connectivity index (χ0n) is 10.1. The highest BCUT2D eigenvalue weighted by Gasteiger charge is 2.15. The van der Waals surface area contributed by atoms with Crippen molar-refractivity contribution in [3.63, 3.8) is 0 Å². The molecule has 0 saturated carbocycles. The van der Waals surface area contributed by atoms with Crippen molar-refractivity contribution >= 4 is 34.1 Å². The topological polar surface area (TPSA) is 86.7 Å². The molecule has 7 heteroatoms. The Balaban J connectivity index is 2.63. The van der Waals surface area contributed by atoms with Gasteiger partial charge >= 0.3 is 5.97 Å². The molecule has 0 fully saturated rings. The third-order valence-corrected chi connectivity index (χ3v) is 3.11. The minimum atomic E-state index is -0.945. The number of thiophene rings is 1. The van der Waals surface area contributed by atoms with Gasteiger partial charge in [0.1, 0.15) is 0 Å². The maximum Gasteiger partial charge on any atom is 0.305 e. The summed E-state index contributed by atoms with van der Waals surface area (Å²) in [4.78, 5) is 34.9. The van der Waals surface area contributed by atoms with Gasteiger partial charge in [0.05, 0.1) is 16.3 Å². The predicted molar refractivity (Wildman–Crippen MR) is 67.8 cm³/mol. The van der Waals surface area contributed by atoms with Gasteiger partial charge in [-0.1, -0.05) is 0 Å². The number of carbonyl (C=O) groups excluding carboxylic acids is 2. The molecule has 0 saturated heterocycles. The Kier molecular flexibility index (Phi) is 4.85. The molecule has 0 aliphatic rings. The Labute approximate surface area is 108 Å².